The van der Waals surface area contributed by atoms with Gasteiger partial charge in [0.2, 0.25) is 0 Å². The largest absolute Gasteiger partial charge is 0.151 e. The van der Waals surface area contributed by atoms with E-state index < -0.39 is 0 Å². The zero-order chi connectivity index (χ0) is 15.7. The van der Waals surface area contributed by atoms with Gasteiger partial charge >= 0.3 is 0 Å². The zero-order valence-corrected chi connectivity index (χ0v) is 13.5. The van der Waals surface area contributed by atoms with E-state index in [1.807, 2.05) is 12.1 Å². The molecule has 0 radical (unpaired) electrons. The Balaban J connectivity index is 2.05. The van der Waals surface area contributed by atoms with Gasteiger partial charge in [0.15, 0.2) is 0 Å². The SMILES string of the molecule is Cc1ccc(N=Nc2ccc3c(C)cc(C)cc(C)c2-3)cc1. The Kier molecular flexibility index (Phi) is 3.76. The van der Waals surface area contributed by atoms with Crippen LogP contribution < -0.4 is 0 Å². The van der Waals surface area contributed by atoms with Crippen molar-refractivity contribution in [2.24, 2.45) is 10.2 Å². The Hall–Kier alpha value is -2.48. The highest BCUT2D eigenvalue weighted by Gasteiger charge is 2.13. The summed E-state index contributed by atoms with van der Waals surface area (Å²) >= 11 is 0. The third-order valence-electron chi connectivity index (χ3n) is 3.95. The number of fused-ring (bicyclic) bond motifs is 1. The van der Waals surface area contributed by atoms with E-state index in [-0.39, 0.29) is 0 Å². The molecule has 110 valence electrons. The van der Waals surface area contributed by atoms with Crippen molar-refractivity contribution in [2.75, 3.05) is 0 Å². The van der Waals surface area contributed by atoms with Gasteiger partial charge in [-0.25, -0.2) is 0 Å². The Morgan fingerprint density at radius 2 is 1.32 bits per heavy atom. The Morgan fingerprint density at radius 3 is 2.05 bits per heavy atom. The molecule has 0 fully saturated rings. The highest BCUT2D eigenvalue weighted by atomic mass is 15.1. The van der Waals surface area contributed by atoms with E-state index >= 15 is 0 Å². The molecule has 0 heterocycles. The van der Waals surface area contributed by atoms with Gasteiger partial charge < -0.3 is 0 Å². The summed E-state index contributed by atoms with van der Waals surface area (Å²) in [5.74, 6) is 0. The number of nitrogens with zero attached hydrogens (tertiary/aromatic N) is 2. The lowest BCUT2D eigenvalue weighted by Crippen LogP contribution is -1.77. The highest BCUT2D eigenvalue weighted by molar-refractivity contribution is 5.84. The Bertz CT molecular complexity index is 814. The minimum atomic E-state index is 0.880. The standard InChI is InChI=1S/C20H20N2/c1-13-5-7-17(8-6-13)21-22-19-10-9-18-15(3)11-14(2)12-16(4)20(18)19/h5-12H,1-4H3. The molecule has 2 aliphatic rings. The maximum atomic E-state index is 4.48. The van der Waals surface area contributed by atoms with Crippen molar-refractivity contribution in [1.82, 2.24) is 0 Å². The monoisotopic (exact) mass is 288 g/mol. The van der Waals surface area contributed by atoms with Crippen LogP contribution in [0.2, 0.25) is 0 Å². The first-order chi connectivity index (χ1) is 10.5. The van der Waals surface area contributed by atoms with E-state index in [0.717, 1.165) is 11.4 Å². The van der Waals surface area contributed by atoms with E-state index in [9.17, 15) is 0 Å². The van der Waals surface area contributed by atoms with Crippen molar-refractivity contribution in [3.05, 3.63) is 70.8 Å². The van der Waals surface area contributed by atoms with Crippen LogP contribution in [-0.2, 0) is 0 Å². The first kappa shape index (κ1) is 14.5. The van der Waals surface area contributed by atoms with Crippen LogP contribution >= 0.6 is 0 Å². The minimum Gasteiger partial charge on any atom is -0.151 e. The predicted molar refractivity (Wildman–Crippen MR) is 92.6 cm³/mol. The third-order valence-corrected chi connectivity index (χ3v) is 3.95. The summed E-state index contributed by atoms with van der Waals surface area (Å²) in [7, 11) is 0. The van der Waals surface area contributed by atoms with Gasteiger partial charge in [-0.1, -0.05) is 41.5 Å². The van der Waals surface area contributed by atoms with Gasteiger partial charge in [-0.3, -0.25) is 0 Å². The molecule has 2 heteroatoms. The van der Waals surface area contributed by atoms with Crippen LogP contribution in [0, 0.1) is 27.7 Å². The van der Waals surface area contributed by atoms with Gasteiger partial charge in [0.25, 0.3) is 0 Å². The summed E-state index contributed by atoms with van der Waals surface area (Å²) < 4.78 is 0. The molecule has 1 aromatic carbocycles. The fourth-order valence-corrected chi connectivity index (χ4v) is 2.89. The molecule has 0 atom stereocenters. The van der Waals surface area contributed by atoms with Crippen molar-refractivity contribution < 1.29 is 0 Å². The van der Waals surface area contributed by atoms with Crippen molar-refractivity contribution in [3.63, 3.8) is 0 Å². The predicted octanol–water partition coefficient (Wildman–Crippen LogP) is 6.44. The summed E-state index contributed by atoms with van der Waals surface area (Å²) in [5, 5.41) is 8.86. The topological polar surface area (TPSA) is 24.7 Å². The number of rotatable bonds is 2. The smallest absolute Gasteiger partial charge is 0.0938 e. The average Bonchev–Trinajstić information content (AvgIpc) is 2.86. The van der Waals surface area contributed by atoms with E-state index in [1.54, 1.807) is 0 Å². The second kappa shape index (κ2) is 5.72. The number of azo groups is 1. The molecule has 22 heavy (non-hydrogen) atoms. The number of hydrogen-bond donors (Lipinski definition) is 0. The zero-order valence-electron chi connectivity index (χ0n) is 13.5. The number of benzene rings is 1. The lowest BCUT2D eigenvalue weighted by molar-refractivity contribution is 1.23. The first-order valence-electron chi connectivity index (χ1n) is 7.53. The molecule has 2 nitrogen and oxygen atoms in total. The molecule has 0 saturated heterocycles. The number of hydrogen-bond acceptors (Lipinski definition) is 2. The van der Waals surface area contributed by atoms with Crippen LogP contribution in [0.4, 0.5) is 11.4 Å². The molecule has 0 saturated carbocycles. The maximum Gasteiger partial charge on any atom is 0.0938 e. The van der Waals surface area contributed by atoms with Gasteiger partial charge in [-0.15, -0.1) is 5.11 Å². The summed E-state index contributed by atoms with van der Waals surface area (Å²) in [4.78, 5) is 0. The molecule has 0 aliphatic heterocycles. The van der Waals surface area contributed by atoms with Crippen molar-refractivity contribution >= 4 is 11.4 Å². The normalized spacial score (nSPS) is 11.5. The van der Waals surface area contributed by atoms with Crippen LogP contribution in [0.3, 0.4) is 0 Å². The van der Waals surface area contributed by atoms with Gasteiger partial charge in [0, 0.05) is 5.56 Å². The fourth-order valence-electron chi connectivity index (χ4n) is 2.89. The second-order valence-corrected chi connectivity index (χ2v) is 5.94. The Labute approximate surface area is 131 Å². The maximum absolute atomic E-state index is 4.48. The van der Waals surface area contributed by atoms with E-state index in [0.29, 0.717) is 0 Å². The molecule has 1 aromatic rings. The summed E-state index contributed by atoms with van der Waals surface area (Å²) in [6.07, 6.45) is 0. The molecule has 0 unspecified atom stereocenters. The van der Waals surface area contributed by atoms with Crippen molar-refractivity contribution in [3.8, 4) is 11.1 Å². The minimum absolute atomic E-state index is 0.880. The summed E-state index contributed by atoms with van der Waals surface area (Å²) in [5.41, 5.74) is 9.28. The van der Waals surface area contributed by atoms with Crippen molar-refractivity contribution in [1.29, 1.82) is 0 Å². The molecule has 0 N–H and O–H groups in total. The van der Waals surface area contributed by atoms with Gasteiger partial charge in [0.1, 0.15) is 0 Å². The van der Waals surface area contributed by atoms with Gasteiger partial charge in [0.05, 0.1) is 11.4 Å². The quantitative estimate of drug-likeness (QED) is 0.485. The lowest BCUT2D eigenvalue weighted by atomic mass is 10.0. The molecule has 0 aromatic heterocycles. The lowest BCUT2D eigenvalue weighted by Gasteiger charge is -2.02. The van der Waals surface area contributed by atoms with E-state index in [1.165, 1.54) is 33.4 Å². The van der Waals surface area contributed by atoms with Crippen molar-refractivity contribution in [2.45, 2.75) is 27.7 Å². The first-order valence-corrected chi connectivity index (χ1v) is 7.53. The summed E-state index contributed by atoms with van der Waals surface area (Å²) in [6.45, 7) is 8.49. The summed E-state index contributed by atoms with van der Waals surface area (Å²) in [6, 6.07) is 16.7. The van der Waals surface area contributed by atoms with Crippen LogP contribution in [0.15, 0.2) is 58.8 Å². The molecule has 3 rings (SSSR count). The molecule has 0 bridgehead atoms. The fraction of sp³-hybridized carbons (Fsp3) is 0.200. The van der Waals surface area contributed by atoms with Crippen LogP contribution in [-0.4, -0.2) is 0 Å². The van der Waals surface area contributed by atoms with Crippen LogP contribution in [0.5, 0.6) is 0 Å². The number of aryl methyl sites for hydroxylation is 4. The van der Waals surface area contributed by atoms with Gasteiger partial charge in [-0.05, 0) is 62.6 Å². The molecular formula is C20H20N2. The van der Waals surface area contributed by atoms with Crippen LogP contribution in [0.25, 0.3) is 11.1 Å². The third kappa shape index (κ3) is 2.77. The molecule has 2 aliphatic carbocycles. The van der Waals surface area contributed by atoms with Crippen LogP contribution in [0.1, 0.15) is 22.3 Å². The molecular weight excluding hydrogens is 268 g/mol. The molecule has 0 amide bonds. The molecule has 0 spiro atoms. The highest BCUT2D eigenvalue weighted by Crippen LogP contribution is 2.39. The second-order valence-electron chi connectivity index (χ2n) is 5.94. The Morgan fingerprint density at radius 1 is 0.636 bits per heavy atom. The van der Waals surface area contributed by atoms with E-state index in [4.69, 9.17) is 0 Å². The average molecular weight is 288 g/mol. The van der Waals surface area contributed by atoms with Gasteiger partial charge in [-0.2, -0.15) is 5.11 Å². The van der Waals surface area contributed by atoms with E-state index in [2.05, 4.69) is 74.3 Å².